The van der Waals surface area contributed by atoms with Gasteiger partial charge in [0.25, 0.3) is 0 Å². The summed E-state index contributed by atoms with van der Waals surface area (Å²) >= 11 is 1.000. The predicted molar refractivity (Wildman–Crippen MR) is 69.2 cm³/mol. The third-order valence-electron chi connectivity index (χ3n) is 2.75. The van der Waals surface area contributed by atoms with E-state index in [1.807, 2.05) is 0 Å². The van der Waals surface area contributed by atoms with Crippen molar-refractivity contribution < 1.29 is 18.3 Å². The van der Waals surface area contributed by atoms with Gasteiger partial charge in [0.2, 0.25) is 0 Å². The molecule has 6 nitrogen and oxygen atoms in total. The lowest BCUT2D eigenvalue weighted by Crippen LogP contribution is -2.39. The van der Waals surface area contributed by atoms with Crippen molar-refractivity contribution in [1.29, 1.82) is 0 Å². The number of aromatic carboxylic acids is 1. The first-order chi connectivity index (χ1) is 8.50. The molecular formula is C10H14N2O4S2. The standard InChI is InChI=1S/C10H14N2O4S2/c13-10(14)9-8(4-7-17-9)11-18(15,16)12-5-2-1-3-6-12/h4,7,11H,1-3,5-6H2,(H,13,14). The van der Waals surface area contributed by atoms with Gasteiger partial charge in [-0.1, -0.05) is 6.42 Å². The summed E-state index contributed by atoms with van der Waals surface area (Å²) in [6.07, 6.45) is 2.72. The molecule has 100 valence electrons. The summed E-state index contributed by atoms with van der Waals surface area (Å²) < 4.78 is 27.8. The van der Waals surface area contributed by atoms with Crippen LogP contribution in [-0.4, -0.2) is 36.9 Å². The van der Waals surface area contributed by atoms with Gasteiger partial charge in [0.1, 0.15) is 4.88 Å². The molecule has 1 aromatic rings. The molecule has 18 heavy (non-hydrogen) atoms. The molecule has 0 aromatic carbocycles. The molecule has 1 aliphatic heterocycles. The van der Waals surface area contributed by atoms with Crippen LogP contribution in [-0.2, 0) is 10.2 Å². The van der Waals surface area contributed by atoms with Gasteiger partial charge in [0, 0.05) is 13.1 Å². The Morgan fingerprint density at radius 3 is 2.61 bits per heavy atom. The van der Waals surface area contributed by atoms with E-state index >= 15 is 0 Å². The second-order valence-corrected chi connectivity index (χ2v) is 6.62. The van der Waals surface area contributed by atoms with Gasteiger partial charge in [-0.3, -0.25) is 4.72 Å². The molecule has 1 aromatic heterocycles. The molecule has 2 N–H and O–H groups in total. The van der Waals surface area contributed by atoms with E-state index in [2.05, 4.69) is 4.72 Å². The van der Waals surface area contributed by atoms with Crippen molar-refractivity contribution in [2.75, 3.05) is 17.8 Å². The molecule has 8 heteroatoms. The second-order valence-electron chi connectivity index (χ2n) is 4.04. The summed E-state index contributed by atoms with van der Waals surface area (Å²) in [6.45, 7) is 0.976. The van der Waals surface area contributed by atoms with Crippen LogP contribution in [0.25, 0.3) is 0 Å². The first-order valence-electron chi connectivity index (χ1n) is 5.59. The van der Waals surface area contributed by atoms with Gasteiger partial charge < -0.3 is 5.11 Å². The quantitative estimate of drug-likeness (QED) is 0.881. The molecule has 1 fully saturated rings. The third kappa shape index (κ3) is 2.82. The molecule has 0 radical (unpaired) electrons. The Bertz CT molecular complexity index is 532. The van der Waals surface area contributed by atoms with Gasteiger partial charge in [-0.2, -0.15) is 12.7 Å². The number of anilines is 1. The highest BCUT2D eigenvalue weighted by molar-refractivity contribution is 7.90. The van der Waals surface area contributed by atoms with Crippen LogP contribution in [0.1, 0.15) is 28.9 Å². The molecule has 0 aliphatic carbocycles. The minimum Gasteiger partial charge on any atom is -0.477 e. The highest BCUT2D eigenvalue weighted by Gasteiger charge is 2.25. The maximum atomic E-state index is 12.1. The molecule has 0 unspecified atom stereocenters. The normalized spacial score (nSPS) is 17.6. The number of thiophene rings is 1. The molecular weight excluding hydrogens is 276 g/mol. The van der Waals surface area contributed by atoms with E-state index in [1.54, 1.807) is 5.38 Å². The van der Waals surface area contributed by atoms with E-state index in [-0.39, 0.29) is 10.6 Å². The highest BCUT2D eigenvalue weighted by atomic mass is 32.2. The molecule has 2 rings (SSSR count). The van der Waals surface area contributed by atoms with Gasteiger partial charge in [-0.15, -0.1) is 11.3 Å². The second kappa shape index (κ2) is 5.25. The number of nitrogens with one attached hydrogen (secondary N) is 1. The lowest BCUT2D eigenvalue weighted by atomic mass is 10.2. The van der Waals surface area contributed by atoms with Crippen LogP contribution in [0.5, 0.6) is 0 Å². The van der Waals surface area contributed by atoms with Crippen molar-refractivity contribution in [3.8, 4) is 0 Å². The van der Waals surface area contributed by atoms with Crippen LogP contribution in [0.4, 0.5) is 5.69 Å². The van der Waals surface area contributed by atoms with Crippen molar-refractivity contribution in [3.05, 3.63) is 16.3 Å². The minimum atomic E-state index is -3.64. The Labute approximate surface area is 109 Å². The largest absolute Gasteiger partial charge is 0.477 e. The Balaban J connectivity index is 2.16. The maximum absolute atomic E-state index is 12.1. The fraction of sp³-hybridized carbons (Fsp3) is 0.500. The van der Waals surface area contributed by atoms with Crippen LogP contribution in [0.3, 0.4) is 0 Å². The molecule has 1 saturated heterocycles. The third-order valence-corrected chi connectivity index (χ3v) is 5.18. The first-order valence-corrected chi connectivity index (χ1v) is 7.91. The van der Waals surface area contributed by atoms with Crippen molar-refractivity contribution in [2.24, 2.45) is 0 Å². The molecule has 0 amide bonds. The van der Waals surface area contributed by atoms with Crippen LogP contribution >= 0.6 is 11.3 Å². The number of nitrogens with zero attached hydrogens (tertiary/aromatic N) is 1. The number of carbonyl (C=O) groups is 1. The van der Waals surface area contributed by atoms with Gasteiger partial charge in [-0.05, 0) is 24.3 Å². The van der Waals surface area contributed by atoms with E-state index in [0.29, 0.717) is 13.1 Å². The molecule has 0 atom stereocenters. The summed E-state index contributed by atoms with van der Waals surface area (Å²) in [5.41, 5.74) is 0.137. The fourth-order valence-corrected chi connectivity index (χ4v) is 3.93. The van der Waals surface area contributed by atoms with Crippen molar-refractivity contribution in [1.82, 2.24) is 4.31 Å². The summed E-state index contributed by atoms with van der Waals surface area (Å²) in [5, 5.41) is 10.5. The zero-order chi connectivity index (χ0) is 13.2. The summed E-state index contributed by atoms with van der Waals surface area (Å²) in [4.78, 5) is 10.9. The first kappa shape index (κ1) is 13.3. The zero-order valence-corrected chi connectivity index (χ0v) is 11.3. The van der Waals surface area contributed by atoms with Gasteiger partial charge >= 0.3 is 16.2 Å². The van der Waals surface area contributed by atoms with Gasteiger partial charge in [0.05, 0.1) is 5.69 Å². The van der Waals surface area contributed by atoms with E-state index in [9.17, 15) is 13.2 Å². The van der Waals surface area contributed by atoms with Crippen LogP contribution in [0.2, 0.25) is 0 Å². The van der Waals surface area contributed by atoms with E-state index in [4.69, 9.17) is 5.11 Å². The smallest absolute Gasteiger partial charge is 0.348 e. The predicted octanol–water partition coefficient (Wildman–Crippen LogP) is 1.59. The Kier molecular flexibility index (Phi) is 3.88. The Morgan fingerprint density at radius 1 is 1.33 bits per heavy atom. The van der Waals surface area contributed by atoms with Crippen LogP contribution in [0, 0.1) is 0 Å². The van der Waals surface area contributed by atoms with E-state index < -0.39 is 16.2 Å². The highest BCUT2D eigenvalue weighted by Crippen LogP contribution is 2.24. The van der Waals surface area contributed by atoms with Gasteiger partial charge in [-0.25, -0.2) is 4.79 Å². The molecule has 1 aliphatic rings. The topological polar surface area (TPSA) is 86.7 Å². The van der Waals surface area contributed by atoms with E-state index in [1.165, 1.54) is 10.4 Å². The van der Waals surface area contributed by atoms with Crippen molar-refractivity contribution in [2.45, 2.75) is 19.3 Å². The Hall–Kier alpha value is -1.12. The van der Waals surface area contributed by atoms with E-state index in [0.717, 1.165) is 30.6 Å². The number of piperidine rings is 1. The molecule has 0 spiro atoms. The number of carboxylic acids is 1. The van der Waals surface area contributed by atoms with Crippen LogP contribution < -0.4 is 4.72 Å². The molecule has 0 saturated carbocycles. The fourth-order valence-electron chi connectivity index (χ4n) is 1.86. The SMILES string of the molecule is O=C(O)c1sccc1NS(=O)(=O)N1CCCCC1. The summed E-state index contributed by atoms with van der Waals surface area (Å²) in [5.74, 6) is -1.12. The Morgan fingerprint density at radius 2 is 2.00 bits per heavy atom. The number of hydrogen-bond acceptors (Lipinski definition) is 4. The monoisotopic (exact) mass is 290 g/mol. The average Bonchev–Trinajstić information content (AvgIpc) is 2.78. The molecule has 0 bridgehead atoms. The number of rotatable bonds is 4. The van der Waals surface area contributed by atoms with Gasteiger partial charge in [0.15, 0.2) is 0 Å². The minimum absolute atomic E-state index is 0.00980. The lowest BCUT2D eigenvalue weighted by molar-refractivity contribution is 0.0703. The lowest BCUT2D eigenvalue weighted by Gasteiger charge is -2.26. The number of carboxylic acid groups (broad SMARTS) is 1. The van der Waals surface area contributed by atoms with Crippen molar-refractivity contribution >= 4 is 33.2 Å². The summed E-state index contributed by atoms with van der Waals surface area (Å²) in [6, 6.07) is 1.47. The van der Waals surface area contributed by atoms with Crippen molar-refractivity contribution in [3.63, 3.8) is 0 Å². The molecule has 2 heterocycles. The summed E-state index contributed by atoms with van der Waals surface area (Å²) in [7, 11) is -3.64. The van der Waals surface area contributed by atoms with Crippen LogP contribution in [0.15, 0.2) is 11.4 Å². The number of hydrogen-bond donors (Lipinski definition) is 2. The zero-order valence-electron chi connectivity index (χ0n) is 9.63. The average molecular weight is 290 g/mol. The maximum Gasteiger partial charge on any atom is 0.348 e.